The van der Waals surface area contributed by atoms with Crippen LogP contribution in [0.2, 0.25) is 10.0 Å². The van der Waals surface area contributed by atoms with E-state index in [1.807, 2.05) is 19.1 Å². The molecular weight excluding hydrogens is 355 g/mol. The van der Waals surface area contributed by atoms with Gasteiger partial charge in [0, 0.05) is 41.4 Å². The van der Waals surface area contributed by atoms with Gasteiger partial charge in [-0.2, -0.15) is 4.98 Å². The number of halogens is 2. The van der Waals surface area contributed by atoms with E-state index in [2.05, 4.69) is 28.2 Å². The molecule has 1 atom stereocenters. The van der Waals surface area contributed by atoms with Gasteiger partial charge in [-0.3, -0.25) is 0 Å². The van der Waals surface area contributed by atoms with Gasteiger partial charge in [0.2, 0.25) is 5.95 Å². The highest BCUT2D eigenvalue weighted by Crippen LogP contribution is 2.23. The first-order valence-corrected chi connectivity index (χ1v) is 9.55. The molecule has 0 spiro atoms. The number of benzene rings is 1. The Labute approximate surface area is 159 Å². The number of rotatable bonds is 5. The fraction of sp³-hybridized carbons (Fsp3) is 0.474. The van der Waals surface area contributed by atoms with Gasteiger partial charge < -0.3 is 10.2 Å². The predicted molar refractivity (Wildman–Crippen MR) is 106 cm³/mol. The lowest BCUT2D eigenvalue weighted by Crippen LogP contribution is -2.35. The molecule has 134 valence electrons. The first-order chi connectivity index (χ1) is 12.0. The van der Waals surface area contributed by atoms with Gasteiger partial charge in [-0.25, -0.2) is 4.98 Å². The van der Waals surface area contributed by atoms with Gasteiger partial charge in [0.15, 0.2) is 0 Å². The van der Waals surface area contributed by atoms with Crippen LogP contribution in [0.3, 0.4) is 0 Å². The zero-order valence-corrected chi connectivity index (χ0v) is 16.2. The Kier molecular flexibility index (Phi) is 6.02. The molecule has 1 aromatic heterocycles. The molecule has 0 saturated carbocycles. The molecule has 6 heteroatoms. The third-order valence-corrected chi connectivity index (χ3v) is 5.10. The number of aromatic nitrogens is 2. The van der Waals surface area contributed by atoms with E-state index < -0.39 is 0 Å². The molecule has 1 fully saturated rings. The van der Waals surface area contributed by atoms with Gasteiger partial charge in [0.05, 0.1) is 0 Å². The lowest BCUT2D eigenvalue weighted by atomic mass is 10.0. The van der Waals surface area contributed by atoms with Crippen LogP contribution in [-0.4, -0.2) is 29.6 Å². The van der Waals surface area contributed by atoms with E-state index in [9.17, 15) is 0 Å². The zero-order chi connectivity index (χ0) is 17.8. The summed E-state index contributed by atoms with van der Waals surface area (Å²) in [6, 6.07) is 7.67. The van der Waals surface area contributed by atoms with Crippen molar-refractivity contribution in [2.24, 2.45) is 5.92 Å². The standard InChI is InChI=1S/C19H24Cl2N4/c1-13-4-3-9-25(12-13)18-10-14(2)23-19(24-18)22-8-7-15-5-6-16(20)11-17(15)21/h5-6,10-11,13H,3-4,7-9,12H2,1-2H3,(H,22,23,24). The summed E-state index contributed by atoms with van der Waals surface area (Å²) in [6.07, 6.45) is 3.32. The molecule has 0 amide bonds. The van der Waals surface area contributed by atoms with Crippen molar-refractivity contribution in [2.75, 3.05) is 29.9 Å². The highest BCUT2D eigenvalue weighted by Gasteiger charge is 2.18. The summed E-state index contributed by atoms with van der Waals surface area (Å²) in [5.41, 5.74) is 2.05. The molecule has 1 saturated heterocycles. The second-order valence-electron chi connectivity index (χ2n) is 6.80. The minimum Gasteiger partial charge on any atom is -0.356 e. The quantitative estimate of drug-likeness (QED) is 0.795. The molecule has 1 unspecified atom stereocenters. The van der Waals surface area contributed by atoms with Gasteiger partial charge in [0.1, 0.15) is 5.82 Å². The number of nitrogens with zero attached hydrogens (tertiary/aromatic N) is 3. The van der Waals surface area contributed by atoms with E-state index in [1.165, 1.54) is 12.8 Å². The minimum atomic E-state index is 0.657. The van der Waals surface area contributed by atoms with E-state index in [1.54, 1.807) is 6.07 Å². The number of aryl methyl sites for hydroxylation is 1. The molecule has 0 radical (unpaired) electrons. The van der Waals surface area contributed by atoms with Crippen LogP contribution in [0, 0.1) is 12.8 Å². The molecule has 1 N–H and O–H groups in total. The minimum absolute atomic E-state index is 0.657. The number of hydrogen-bond donors (Lipinski definition) is 1. The third-order valence-electron chi connectivity index (χ3n) is 4.51. The number of piperidine rings is 1. The Morgan fingerprint density at radius 1 is 1.24 bits per heavy atom. The fourth-order valence-corrected chi connectivity index (χ4v) is 3.73. The van der Waals surface area contributed by atoms with Crippen LogP contribution >= 0.6 is 23.2 Å². The van der Waals surface area contributed by atoms with E-state index in [-0.39, 0.29) is 0 Å². The second kappa shape index (κ2) is 8.24. The van der Waals surface area contributed by atoms with Crippen molar-refractivity contribution >= 4 is 35.0 Å². The number of nitrogens with one attached hydrogen (secondary N) is 1. The Balaban J connectivity index is 1.64. The SMILES string of the molecule is Cc1cc(N2CCCC(C)C2)nc(NCCc2ccc(Cl)cc2Cl)n1. The maximum Gasteiger partial charge on any atom is 0.224 e. The first kappa shape index (κ1) is 18.3. The van der Waals surface area contributed by atoms with E-state index in [0.29, 0.717) is 21.9 Å². The highest BCUT2D eigenvalue weighted by molar-refractivity contribution is 6.35. The zero-order valence-electron chi connectivity index (χ0n) is 14.7. The topological polar surface area (TPSA) is 41.1 Å². The Bertz CT molecular complexity index is 735. The van der Waals surface area contributed by atoms with Crippen molar-refractivity contribution in [3.8, 4) is 0 Å². The van der Waals surface area contributed by atoms with E-state index in [0.717, 1.165) is 43.1 Å². The van der Waals surface area contributed by atoms with Gasteiger partial charge in [-0.05, 0) is 49.8 Å². The molecule has 1 aliphatic rings. The van der Waals surface area contributed by atoms with Crippen molar-refractivity contribution in [3.63, 3.8) is 0 Å². The normalized spacial score (nSPS) is 17.6. The maximum atomic E-state index is 6.23. The molecule has 2 aromatic rings. The van der Waals surface area contributed by atoms with Crippen LogP contribution in [0.25, 0.3) is 0 Å². The summed E-state index contributed by atoms with van der Waals surface area (Å²) in [6.45, 7) is 7.17. The van der Waals surface area contributed by atoms with Crippen molar-refractivity contribution in [1.29, 1.82) is 0 Å². The average Bonchev–Trinajstić information content (AvgIpc) is 2.56. The monoisotopic (exact) mass is 378 g/mol. The van der Waals surface area contributed by atoms with Crippen molar-refractivity contribution in [3.05, 3.63) is 45.6 Å². The van der Waals surface area contributed by atoms with Crippen LogP contribution in [0.4, 0.5) is 11.8 Å². The van der Waals surface area contributed by atoms with Crippen molar-refractivity contribution in [2.45, 2.75) is 33.1 Å². The van der Waals surface area contributed by atoms with Gasteiger partial charge in [-0.1, -0.05) is 36.2 Å². The van der Waals surface area contributed by atoms with Crippen LogP contribution in [0.5, 0.6) is 0 Å². The summed E-state index contributed by atoms with van der Waals surface area (Å²) < 4.78 is 0. The van der Waals surface area contributed by atoms with Gasteiger partial charge in [-0.15, -0.1) is 0 Å². The Hall–Kier alpha value is -1.52. The van der Waals surface area contributed by atoms with Gasteiger partial charge in [0.25, 0.3) is 0 Å². The van der Waals surface area contributed by atoms with Crippen LogP contribution in [0.15, 0.2) is 24.3 Å². The average molecular weight is 379 g/mol. The lowest BCUT2D eigenvalue weighted by molar-refractivity contribution is 0.444. The van der Waals surface area contributed by atoms with Crippen LogP contribution in [-0.2, 0) is 6.42 Å². The van der Waals surface area contributed by atoms with E-state index in [4.69, 9.17) is 28.2 Å². The molecule has 1 aliphatic heterocycles. The molecular formula is C19H24Cl2N4. The largest absolute Gasteiger partial charge is 0.356 e. The smallest absolute Gasteiger partial charge is 0.224 e. The highest BCUT2D eigenvalue weighted by atomic mass is 35.5. The summed E-state index contributed by atoms with van der Waals surface area (Å²) >= 11 is 12.2. The Morgan fingerprint density at radius 2 is 2.08 bits per heavy atom. The summed E-state index contributed by atoms with van der Waals surface area (Å²) in [5, 5.41) is 4.68. The third kappa shape index (κ3) is 4.99. The lowest BCUT2D eigenvalue weighted by Gasteiger charge is -2.32. The fourth-order valence-electron chi connectivity index (χ4n) is 3.22. The van der Waals surface area contributed by atoms with Gasteiger partial charge >= 0.3 is 0 Å². The second-order valence-corrected chi connectivity index (χ2v) is 7.64. The summed E-state index contributed by atoms with van der Waals surface area (Å²) in [4.78, 5) is 11.6. The number of hydrogen-bond acceptors (Lipinski definition) is 4. The van der Waals surface area contributed by atoms with Crippen LogP contribution in [0.1, 0.15) is 31.0 Å². The molecule has 0 aliphatic carbocycles. The van der Waals surface area contributed by atoms with Crippen molar-refractivity contribution in [1.82, 2.24) is 9.97 Å². The maximum absolute atomic E-state index is 6.23. The summed E-state index contributed by atoms with van der Waals surface area (Å²) in [5.74, 6) is 2.41. The molecule has 4 nitrogen and oxygen atoms in total. The predicted octanol–water partition coefficient (Wildman–Crippen LogP) is 4.98. The number of anilines is 2. The molecule has 3 rings (SSSR count). The summed E-state index contributed by atoms with van der Waals surface area (Å²) in [7, 11) is 0. The molecule has 25 heavy (non-hydrogen) atoms. The first-order valence-electron chi connectivity index (χ1n) is 8.79. The molecule has 0 bridgehead atoms. The molecule has 2 heterocycles. The van der Waals surface area contributed by atoms with Crippen LogP contribution < -0.4 is 10.2 Å². The van der Waals surface area contributed by atoms with E-state index >= 15 is 0 Å². The Morgan fingerprint density at radius 3 is 2.84 bits per heavy atom. The molecule has 1 aromatic carbocycles. The van der Waals surface area contributed by atoms with Crippen molar-refractivity contribution < 1.29 is 0 Å².